The molecule has 5 aromatic rings. The maximum Gasteiger partial charge on any atom is 0.225 e. The summed E-state index contributed by atoms with van der Waals surface area (Å²) < 4.78 is 22.3. The minimum absolute atomic E-state index is 0.190. The highest BCUT2D eigenvalue weighted by atomic mass is 19.1. The number of nitrogens with zero attached hydrogens (tertiary/aromatic N) is 8. The summed E-state index contributed by atoms with van der Waals surface area (Å²) in [7, 11) is 0. The van der Waals surface area contributed by atoms with Crippen LogP contribution in [0.25, 0.3) is 22.2 Å². The van der Waals surface area contributed by atoms with Gasteiger partial charge in [0.1, 0.15) is 29.9 Å². The normalized spacial score (nSPS) is 20.6. The number of anilines is 1. The van der Waals surface area contributed by atoms with Gasteiger partial charge in [-0.3, -0.25) is 4.68 Å². The summed E-state index contributed by atoms with van der Waals surface area (Å²) in [5.74, 6) is 0.208. The molecule has 0 aliphatic carbocycles. The monoisotopic (exact) mass is 568 g/mol. The Morgan fingerprint density at radius 2 is 1.79 bits per heavy atom. The van der Waals surface area contributed by atoms with E-state index >= 15 is 0 Å². The summed E-state index contributed by atoms with van der Waals surface area (Å²) in [6, 6.07) is 7.63. The molecule has 7 rings (SSSR count). The topological polar surface area (TPSA) is 127 Å². The predicted octanol–water partition coefficient (Wildman–Crippen LogP) is 3.00. The average molecular weight is 569 g/mol. The number of hydrogen-bond donors (Lipinski definition) is 2. The molecule has 42 heavy (non-hydrogen) atoms. The van der Waals surface area contributed by atoms with E-state index in [2.05, 4.69) is 42.2 Å². The molecule has 2 aliphatic rings. The number of ether oxygens (including phenoxy) is 1. The number of fused-ring (bicyclic) bond motifs is 1. The van der Waals surface area contributed by atoms with Gasteiger partial charge in [-0.2, -0.15) is 10.2 Å². The van der Waals surface area contributed by atoms with Gasteiger partial charge < -0.3 is 19.8 Å². The Bertz CT molecular complexity index is 1760. The summed E-state index contributed by atoms with van der Waals surface area (Å²) in [5.41, 5.74) is 4.50. The summed E-state index contributed by atoms with van der Waals surface area (Å²) in [6.07, 6.45) is 12.8. The maximum atomic E-state index is 13.3. The second kappa shape index (κ2) is 10.4. The number of rotatable bonds is 6. The van der Waals surface area contributed by atoms with Crippen LogP contribution in [0.4, 0.5) is 10.3 Å². The van der Waals surface area contributed by atoms with Crippen molar-refractivity contribution in [1.82, 2.24) is 34.3 Å². The summed E-state index contributed by atoms with van der Waals surface area (Å²) in [6.45, 7) is 3.70. The van der Waals surface area contributed by atoms with Gasteiger partial charge in [0.25, 0.3) is 0 Å². The molecule has 214 valence electrons. The minimum atomic E-state index is -1.35. The van der Waals surface area contributed by atoms with Gasteiger partial charge >= 0.3 is 0 Å². The lowest BCUT2D eigenvalue weighted by atomic mass is 9.90. The number of hydrogen-bond acceptors (Lipinski definition) is 9. The molecule has 3 atom stereocenters. The zero-order chi connectivity index (χ0) is 28.8. The van der Waals surface area contributed by atoms with Crippen LogP contribution in [0.1, 0.15) is 36.2 Å². The number of benzene rings is 1. The molecule has 0 amide bonds. The van der Waals surface area contributed by atoms with Gasteiger partial charge in [0, 0.05) is 54.6 Å². The minimum Gasteiger partial charge on any atom is -0.388 e. The quantitative estimate of drug-likeness (QED) is 0.318. The second-order valence-electron chi connectivity index (χ2n) is 10.8. The van der Waals surface area contributed by atoms with Gasteiger partial charge in [0.2, 0.25) is 5.95 Å². The van der Waals surface area contributed by atoms with Crippen molar-refractivity contribution in [2.45, 2.75) is 31.1 Å². The zero-order valence-corrected chi connectivity index (χ0v) is 22.9. The molecule has 0 radical (unpaired) electrons. The lowest BCUT2D eigenvalue weighted by molar-refractivity contribution is 0.101. The van der Waals surface area contributed by atoms with Gasteiger partial charge in [-0.1, -0.05) is 18.2 Å². The highest BCUT2D eigenvalue weighted by Gasteiger charge is 2.29. The van der Waals surface area contributed by atoms with Crippen molar-refractivity contribution in [3.8, 4) is 11.1 Å². The van der Waals surface area contributed by atoms with E-state index in [0.717, 1.165) is 34.3 Å². The van der Waals surface area contributed by atoms with E-state index in [9.17, 15) is 14.6 Å². The Hall–Kier alpha value is -4.52. The molecule has 0 saturated carbocycles. The molecular formula is C30H29FN8O3. The standard InChI is InChI=1S/C30H29FN8O3/c1-30(41,22-2-4-24(31)5-3-22)23-12-32-29(33-13-23)37-8-6-19(7-9-37)28-25-10-20(14-38(25)36-18-34-28)21-11-35-39(15-21)26-16-42-17-27(26)40/h2-6,10-15,18,26-27,40-41H,7-9,16-17H2,1H3/t26-,27-,30?/m1/s1. The van der Waals surface area contributed by atoms with Crippen molar-refractivity contribution in [2.75, 3.05) is 31.2 Å². The fraction of sp³-hybridized carbons (Fsp3) is 0.300. The van der Waals surface area contributed by atoms with E-state index in [1.54, 1.807) is 48.7 Å². The van der Waals surface area contributed by atoms with E-state index in [1.807, 2.05) is 16.9 Å². The third kappa shape index (κ3) is 4.73. The van der Waals surface area contributed by atoms with Gasteiger partial charge in [-0.25, -0.2) is 23.9 Å². The highest BCUT2D eigenvalue weighted by Crippen LogP contribution is 2.32. The van der Waals surface area contributed by atoms with E-state index in [-0.39, 0.29) is 11.9 Å². The molecule has 2 aliphatic heterocycles. The van der Waals surface area contributed by atoms with Gasteiger partial charge in [-0.15, -0.1) is 0 Å². The third-order valence-electron chi connectivity index (χ3n) is 8.10. The number of aliphatic hydroxyl groups is 2. The predicted molar refractivity (Wildman–Crippen MR) is 152 cm³/mol. The SMILES string of the molecule is CC(O)(c1ccc(F)cc1)c1cnc(N2CC=C(c3ncnn4cc(-c5cnn([C@@H]6COC[C@H]6O)c5)cc34)CC2)nc1. The fourth-order valence-electron chi connectivity index (χ4n) is 5.53. The van der Waals surface area contributed by atoms with Crippen molar-refractivity contribution < 1.29 is 19.3 Å². The van der Waals surface area contributed by atoms with Crippen LogP contribution < -0.4 is 4.90 Å². The van der Waals surface area contributed by atoms with Gasteiger partial charge in [0.15, 0.2) is 0 Å². The lowest BCUT2D eigenvalue weighted by Crippen LogP contribution is -2.30. The molecule has 1 unspecified atom stereocenters. The first-order chi connectivity index (χ1) is 20.4. The first-order valence-electron chi connectivity index (χ1n) is 13.8. The first kappa shape index (κ1) is 26.4. The van der Waals surface area contributed by atoms with E-state index < -0.39 is 11.7 Å². The molecule has 12 heteroatoms. The highest BCUT2D eigenvalue weighted by molar-refractivity contribution is 5.80. The van der Waals surface area contributed by atoms with Crippen LogP contribution >= 0.6 is 0 Å². The molecule has 1 fully saturated rings. The third-order valence-corrected chi connectivity index (χ3v) is 8.10. The van der Waals surface area contributed by atoms with Crippen LogP contribution in [0, 0.1) is 5.82 Å². The molecule has 1 aromatic carbocycles. The summed E-state index contributed by atoms with van der Waals surface area (Å²) in [4.78, 5) is 15.7. The maximum absolute atomic E-state index is 13.3. The van der Waals surface area contributed by atoms with Crippen LogP contribution in [0.2, 0.25) is 0 Å². The van der Waals surface area contributed by atoms with E-state index in [4.69, 9.17) is 4.74 Å². The molecule has 6 heterocycles. The molecule has 11 nitrogen and oxygen atoms in total. The van der Waals surface area contributed by atoms with Crippen molar-refractivity contribution in [2.24, 2.45) is 0 Å². The van der Waals surface area contributed by atoms with Crippen LogP contribution in [-0.4, -0.2) is 77.0 Å². The van der Waals surface area contributed by atoms with Crippen LogP contribution in [-0.2, 0) is 10.3 Å². The number of aromatic nitrogens is 7. The number of aliphatic hydroxyl groups excluding tert-OH is 1. The molecular weight excluding hydrogens is 539 g/mol. The molecule has 4 aromatic heterocycles. The van der Waals surface area contributed by atoms with Crippen LogP contribution in [0.15, 0.2) is 73.7 Å². The van der Waals surface area contributed by atoms with Gasteiger partial charge in [-0.05, 0) is 42.7 Å². The zero-order valence-electron chi connectivity index (χ0n) is 22.9. The van der Waals surface area contributed by atoms with Crippen LogP contribution in [0.3, 0.4) is 0 Å². The second-order valence-corrected chi connectivity index (χ2v) is 10.8. The smallest absolute Gasteiger partial charge is 0.225 e. The van der Waals surface area contributed by atoms with E-state index in [0.29, 0.717) is 43.4 Å². The van der Waals surface area contributed by atoms with E-state index in [1.165, 1.54) is 12.1 Å². The summed E-state index contributed by atoms with van der Waals surface area (Å²) in [5, 5.41) is 30.1. The largest absolute Gasteiger partial charge is 0.388 e. The van der Waals surface area contributed by atoms with Crippen molar-refractivity contribution >= 4 is 17.0 Å². The Balaban J connectivity index is 1.09. The summed E-state index contributed by atoms with van der Waals surface area (Å²) >= 11 is 0. The first-order valence-corrected chi connectivity index (χ1v) is 13.8. The van der Waals surface area contributed by atoms with Crippen LogP contribution in [0.5, 0.6) is 0 Å². The van der Waals surface area contributed by atoms with Crippen molar-refractivity contribution in [3.05, 3.63) is 96.4 Å². The molecule has 0 spiro atoms. The van der Waals surface area contributed by atoms with Crippen molar-refractivity contribution in [3.63, 3.8) is 0 Å². The Kier molecular flexibility index (Phi) is 6.53. The fourth-order valence-corrected chi connectivity index (χ4v) is 5.53. The van der Waals surface area contributed by atoms with Gasteiger partial charge in [0.05, 0.1) is 30.6 Å². The number of halogens is 1. The Morgan fingerprint density at radius 1 is 0.976 bits per heavy atom. The molecule has 0 bridgehead atoms. The van der Waals surface area contributed by atoms with Crippen molar-refractivity contribution in [1.29, 1.82) is 0 Å². The lowest BCUT2D eigenvalue weighted by Gasteiger charge is -2.28. The molecule has 2 N–H and O–H groups in total. The average Bonchev–Trinajstić information content (AvgIpc) is 3.77. The molecule has 1 saturated heterocycles. The Labute approximate surface area is 240 Å². The Morgan fingerprint density at radius 3 is 2.50 bits per heavy atom.